The van der Waals surface area contributed by atoms with Gasteiger partial charge < -0.3 is 4.74 Å². The summed E-state index contributed by atoms with van der Waals surface area (Å²) in [5.41, 5.74) is 0.518. The van der Waals surface area contributed by atoms with Gasteiger partial charge in [-0.1, -0.05) is 12.1 Å². The molecule has 0 spiro atoms. The second kappa shape index (κ2) is 5.55. The van der Waals surface area contributed by atoms with Crippen molar-refractivity contribution in [1.29, 1.82) is 0 Å². The first-order chi connectivity index (χ1) is 9.82. The molecule has 2 amide bonds. The van der Waals surface area contributed by atoms with Crippen molar-refractivity contribution >= 4 is 17.8 Å². The summed E-state index contributed by atoms with van der Waals surface area (Å²) in [5, 5.41) is 0. The molecule has 0 N–H and O–H groups in total. The highest BCUT2D eigenvalue weighted by Crippen LogP contribution is 2.22. The number of hydrogen-bond donors (Lipinski definition) is 0. The molecule has 1 heterocycles. The van der Waals surface area contributed by atoms with Crippen LogP contribution in [0.4, 0.5) is 13.2 Å². The molecule has 1 aromatic carbocycles. The highest BCUT2D eigenvalue weighted by atomic mass is 19.4. The number of nitrogens with zero attached hydrogens (tertiary/aromatic N) is 1. The van der Waals surface area contributed by atoms with Crippen LogP contribution < -0.4 is 0 Å². The Hall–Kier alpha value is -2.38. The first kappa shape index (κ1) is 15.0. The Kier molecular flexibility index (Phi) is 3.97. The van der Waals surface area contributed by atoms with E-state index in [0.29, 0.717) is 0 Å². The lowest BCUT2D eigenvalue weighted by Crippen LogP contribution is -2.32. The maximum Gasteiger partial charge on any atom is 0.490 e. The molecule has 8 heteroatoms. The topological polar surface area (TPSA) is 63.7 Å². The lowest BCUT2D eigenvalue weighted by Gasteiger charge is -2.13. The van der Waals surface area contributed by atoms with Crippen LogP contribution in [-0.2, 0) is 9.53 Å². The summed E-state index contributed by atoms with van der Waals surface area (Å²) in [5.74, 6) is -3.29. The number of ether oxygens (including phenoxy) is 1. The number of rotatable bonds is 4. The van der Waals surface area contributed by atoms with Crippen LogP contribution in [0, 0.1) is 0 Å². The minimum absolute atomic E-state index is 0.0622. The summed E-state index contributed by atoms with van der Waals surface area (Å²) in [6, 6.07) is 6.22. The summed E-state index contributed by atoms with van der Waals surface area (Å²) in [7, 11) is 0. The van der Waals surface area contributed by atoms with E-state index in [1.807, 2.05) is 0 Å². The third-order valence-corrected chi connectivity index (χ3v) is 2.87. The van der Waals surface area contributed by atoms with Crippen LogP contribution >= 0.6 is 0 Å². The van der Waals surface area contributed by atoms with Crippen LogP contribution in [0.5, 0.6) is 0 Å². The molecule has 1 aliphatic rings. The fourth-order valence-corrected chi connectivity index (χ4v) is 1.91. The Labute approximate surface area is 117 Å². The second-order valence-electron chi connectivity index (χ2n) is 4.29. The van der Waals surface area contributed by atoms with Gasteiger partial charge in [-0.2, -0.15) is 13.2 Å². The number of amides is 2. The lowest BCUT2D eigenvalue weighted by atomic mass is 10.1. The van der Waals surface area contributed by atoms with Crippen LogP contribution in [0.15, 0.2) is 24.3 Å². The summed E-state index contributed by atoms with van der Waals surface area (Å²) in [6.45, 7) is -0.636. The van der Waals surface area contributed by atoms with Crippen molar-refractivity contribution in [3.63, 3.8) is 0 Å². The van der Waals surface area contributed by atoms with Gasteiger partial charge in [0.05, 0.1) is 17.7 Å². The second-order valence-corrected chi connectivity index (χ2v) is 4.29. The van der Waals surface area contributed by atoms with E-state index in [1.54, 1.807) is 12.1 Å². The molecule has 0 bridgehead atoms. The van der Waals surface area contributed by atoms with Gasteiger partial charge in [-0.15, -0.1) is 0 Å². The summed E-state index contributed by atoms with van der Waals surface area (Å²) in [4.78, 5) is 35.2. The number of carbonyl (C=O) groups is 3. The van der Waals surface area contributed by atoms with E-state index in [2.05, 4.69) is 4.74 Å². The Morgan fingerprint density at radius 1 is 1.10 bits per heavy atom. The third kappa shape index (κ3) is 3.04. The Morgan fingerprint density at radius 2 is 1.62 bits per heavy atom. The molecule has 0 saturated carbocycles. The number of benzene rings is 1. The molecule has 0 saturated heterocycles. The molecule has 0 aromatic heterocycles. The first-order valence-corrected chi connectivity index (χ1v) is 6.01. The first-order valence-electron chi connectivity index (χ1n) is 6.01. The molecule has 5 nitrogen and oxygen atoms in total. The molecule has 0 unspecified atom stereocenters. The zero-order chi connectivity index (χ0) is 15.6. The molecule has 112 valence electrons. The third-order valence-electron chi connectivity index (χ3n) is 2.87. The zero-order valence-electron chi connectivity index (χ0n) is 10.6. The van der Waals surface area contributed by atoms with Crippen molar-refractivity contribution in [2.24, 2.45) is 0 Å². The van der Waals surface area contributed by atoms with Gasteiger partial charge in [0, 0.05) is 6.54 Å². The number of halogens is 3. The van der Waals surface area contributed by atoms with Gasteiger partial charge in [0.2, 0.25) is 0 Å². The Bertz CT molecular complexity index is 562. The Balaban J connectivity index is 1.88. The van der Waals surface area contributed by atoms with Crippen LogP contribution in [0.3, 0.4) is 0 Å². The molecule has 0 atom stereocenters. The summed E-state index contributed by atoms with van der Waals surface area (Å²) in [6.07, 6.45) is -5.11. The molecular formula is C13H10F3NO4. The molecule has 2 rings (SSSR count). The number of esters is 1. The van der Waals surface area contributed by atoms with E-state index in [9.17, 15) is 27.6 Å². The van der Waals surface area contributed by atoms with E-state index in [-0.39, 0.29) is 24.1 Å². The van der Waals surface area contributed by atoms with E-state index >= 15 is 0 Å². The number of hydrogen-bond acceptors (Lipinski definition) is 4. The number of alkyl halides is 3. The van der Waals surface area contributed by atoms with E-state index in [4.69, 9.17) is 0 Å². The van der Waals surface area contributed by atoms with Crippen molar-refractivity contribution in [3.05, 3.63) is 35.4 Å². The number of carbonyl (C=O) groups excluding carboxylic acids is 3. The van der Waals surface area contributed by atoms with Gasteiger partial charge in [-0.05, 0) is 18.6 Å². The van der Waals surface area contributed by atoms with Crippen LogP contribution in [0.2, 0.25) is 0 Å². The lowest BCUT2D eigenvalue weighted by molar-refractivity contribution is -0.199. The average Bonchev–Trinajstić information content (AvgIpc) is 2.67. The molecule has 1 aliphatic heterocycles. The standard InChI is InChI=1S/C13H10F3NO4/c14-13(15,16)12(20)21-7-3-6-17-10(18)8-4-1-2-5-9(8)11(17)19/h1-2,4-5H,3,6-7H2. The van der Waals surface area contributed by atoms with Crippen molar-refractivity contribution in [2.75, 3.05) is 13.2 Å². The summed E-state index contributed by atoms with van der Waals surface area (Å²) >= 11 is 0. The molecular weight excluding hydrogens is 291 g/mol. The molecule has 21 heavy (non-hydrogen) atoms. The summed E-state index contributed by atoms with van der Waals surface area (Å²) < 4.78 is 39.7. The monoisotopic (exact) mass is 301 g/mol. The number of imide groups is 1. The predicted molar refractivity (Wildman–Crippen MR) is 63.4 cm³/mol. The normalized spacial score (nSPS) is 14.3. The van der Waals surface area contributed by atoms with Gasteiger partial charge >= 0.3 is 12.1 Å². The molecule has 0 radical (unpaired) electrons. The maximum atomic E-state index is 11.9. The highest BCUT2D eigenvalue weighted by molar-refractivity contribution is 6.21. The minimum atomic E-state index is -5.05. The quantitative estimate of drug-likeness (QED) is 0.483. The fraction of sp³-hybridized carbons (Fsp3) is 0.308. The Morgan fingerprint density at radius 3 is 2.10 bits per heavy atom. The zero-order valence-corrected chi connectivity index (χ0v) is 10.6. The van der Waals surface area contributed by atoms with Gasteiger partial charge in [0.25, 0.3) is 11.8 Å². The molecule has 0 fully saturated rings. The van der Waals surface area contributed by atoms with Gasteiger partial charge in [-0.3, -0.25) is 14.5 Å². The van der Waals surface area contributed by atoms with E-state index in [1.165, 1.54) is 12.1 Å². The van der Waals surface area contributed by atoms with E-state index in [0.717, 1.165) is 4.90 Å². The van der Waals surface area contributed by atoms with Crippen molar-refractivity contribution < 1.29 is 32.3 Å². The average molecular weight is 301 g/mol. The predicted octanol–water partition coefficient (Wildman–Crippen LogP) is 1.78. The fourth-order valence-electron chi connectivity index (χ4n) is 1.91. The molecule has 0 aliphatic carbocycles. The van der Waals surface area contributed by atoms with Gasteiger partial charge in [-0.25, -0.2) is 4.79 Å². The minimum Gasteiger partial charge on any atom is -0.459 e. The van der Waals surface area contributed by atoms with E-state index < -0.39 is 30.6 Å². The van der Waals surface area contributed by atoms with Crippen molar-refractivity contribution in [2.45, 2.75) is 12.6 Å². The van der Waals surface area contributed by atoms with Crippen LogP contribution in [-0.4, -0.2) is 42.0 Å². The van der Waals surface area contributed by atoms with Crippen molar-refractivity contribution in [1.82, 2.24) is 4.90 Å². The van der Waals surface area contributed by atoms with Crippen molar-refractivity contribution in [3.8, 4) is 0 Å². The number of fused-ring (bicyclic) bond motifs is 1. The maximum absolute atomic E-state index is 11.9. The SMILES string of the molecule is O=C1c2ccccc2C(=O)N1CCCOC(=O)C(F)(F)F. The van der Waals surface area contributed by atoms with Gasteiger partial charge in [0.15, 0.2) is 0 Å². The van der Waals surface area contributed by atoms with Crippen LogP contribution in [0.1, 0.15) is 27.1 Å². The smallest absolute Gasteiger partial charge is 0.459 e. The van der Waals surface area contributed by atoms with Crippen LogP contribution in [0.25, 0.3) is 0 Å². The molecule has 1 aromatic rings. The van der Waals surface area contributed by atoms with Gasteiger partial charge in [0.1, 0.15) is 0 Å². The largest absolute Gasteiger partial charge is 0.490 e. The highest BCUT2D eigenvalue weighted by Gasteiger charge is 2.41.